The molecule has 0 radical (unpaired) electrons. The summed E-state index contributed by atoms with van der Waals surface area (Å²) >= 11 is 0. The molecule has 90 valence electrons. The van der Waals surface area contributed by atoms with Crippen LogP contribution in [0.2, 0.25) is 0 Å². The SMILES string of the molecule is C=C(C)CNC(=O)c1cccc([N+](=O)[O-])c1C. The molecule has 0 aliphatic heterocycles. The molecular weight excluding hydrogens is 220 g/mol. The van der Waals surface area contributed by atoms with Crippen molar-refractivity contribution in [2.45, 2.75) is 13.8 Å². The molecule has 0 aliphatic carbocycles. The quantitative estimate of drug-likeness (QED) is 0.493. The normalized spacial score (nSPS) is 9.76. The Bertz CT molecular complexity index is 481. The van der Waals surface area contributed by atoms with E-state index in [9.17, 15) is 14.9 Å². The number of benzene rings is 1. The number of nitro benzene ring substituents is 1. The van der Waals surface area contributed by atoms with Gasteiger partial charge in [0.15, 0.2) is 0 Å². The molecule has 0 unspecified atom stereocenters. The number of carbonyl (C=O) groups is 1. The molecule has 0 heterocycles. The maximum absolute atomic E-state index is 11.8. The Kier molecular flexibility index (Phi) is 3.98. The van der Waals surface area contributed by atoms with Crippen molar-refractivity contribution in [2.75, 3.05) is 6.54 Å². The summed E-state index contributed by atoms with van der Waals surface area (Å²) in [6.45, 7) is 7.38. The van der Waals surface area contributed by atoms with Gasteiger partial charge in [0.2, 0.25) is 0 Å². The third-order valence-electron chi connectivity index (χ3n) is 2.30. The van der Waals surface area contributed by atoms with E-state index >= 15 is 0 Å². The summed E-state index contributed by atoms with van der Waals surface area (Å²) in [5.41, 5.74) is 1.46. The van der Waals surface area contributed by atoms with Crippen molar-refractivity contribution in [1.29, 1.82) is 0 Å². The highest BCUT2D eigenvalue weighted by molar-refractivity contribution is 5.96. The van der Waals surface area contributed by atoms with Crippen LogP contribution in [0, 0.1) is 17.0 Å². The zero-order valence-corrected chi connectivity index (χ0v) is 9.82. The van der Waals surface area contributed by atoms with Crippen molar-refractivity contribution in [2.24, 2.45) is 0 Å². The van der Waals surface area contributed by atoms with Crippen LogP contribution >= 0.6 is 0 Å². The van der Waals surface area contributed by atoms with Crippen LogP contribution in [0.3, 0.4) is 0 Å². The molecule has 0 aliphatic rings. The van der Waals surface area contributed by atoms with E-state index in [-0.39, 0.29) is 11.6 Å². The second-order valence-electron chi connectivity index (χ2n) is 3.85. The molecule has 0 spiro atoms. The van der Waals surface area contributed by atoms with Gasteiger partial charge in [0, 0.05) is 23.7 Å². The fraction of sp³-hybridized carbons (Fsp3) is 0.250. The number of nitro groups is 1. The van der Waals surface area contributed by atoms with Crippen LogP contribution < -0.4 is 5.32 Å². The summed E-state index contributed by atoms with van der Waals surface area (Å²) in [6.07, 6.45) is 0. The van der Waals surface area contributed by atoms with Gasteiger partial charge in [0.25, 0.3) is 11.6 Å². The van der Waals surface area contributed by atoms with Crippen LogP contribution in [0.15, 0.2) is 30.4 Å². The minimum absolute atomic E-state index is 0.0482. The molecule has 0 saturated heterocycles. The van der Waals surface area contributed by atoms with E-state index in [1.54, 1.807) is 19.9 Å². The molecule has 17 heavy (non-hydrogen) atoms. The third kappa shape index (κ3) is 3.14. The van der Waals surface area contributed by atoms with Gasteiger partial charge in [-0.2, -0.15) is 0 Å². The number of nitrogens with zero attached hydrogens (tertiary/aromatic N) is 1. The first-order chi connectivity index (χ1) is 7.93. The lowest BCUT2D eigenvalue weighted by Crippen LogP contribution is -2.25. The maximum Gasteiger partial charge on any atom is 0.273 e. The van der Waals surface area contributed by atoms with Gasteiger partial charge in [-0.25, -0.2) is 0 Å². The van der Waals surface area contributed by atoms with Crippen molar-refractivity contribution in [3.8, 4) is 0 Å². The van der Waals surface area contributed by atoms with E-state index in [0.29, 0.717) is 17.7 Å². The Morgan fingerprint density at radius 1 is 1.53 bits per heavy atom. The molecule has 1 amide bonds. The molecule has 0 fully saturated rings. The fourth-order valence-corrected chi connectivity index (χ4v) is 1.39. The smallest absolute Gasteiger partial charge is 0.273 e. The number of nitrogens with one attached hydrogen (secondary N) is 1. The Balaban J connectivity index is 2.98. The summed E-state index contributed by atoms with van der Waals surface area (Å²) < 4.78 is 0. The number of hydrogen-bond donors (Lipinski definition) is 1. The Labute approximate surface area is 99.3 Å². The van der Waals surface area contributed by atoms with Crippen molar-refractivity contribution >= 4 is 11.6 Å². The second-order valence-corrected chi connectivity index (χ2v) is 3.85. The lowest BCUT2D eigenvalue weighted by atomic mass is 10.1. The van der Waals surface area contributed by atoms with Crippen molar-refractivity contribution in [1.82, 2.24) is 5.32 Å². The molecule has 1 aromatic carbocycles. The standard InChI is InChI=1S/C12H14N2O3/c1-8(2)7-13-12(15)10-5-4-6-11(9(10)3)14(16)17/h4-6H,1,7H2,2-3H3,(H,13,15). The predicted molar refractivity (Wildman–Crippen MR) is 65.0 cm³/mol. The lowest BCUT2D eigenvalue weighted by Gasteiger charge is -2.07. The molecule has 1 N–H and O–H groups in total. The Morgan fingerprint density at radius 2 is 2.18 bits per heavy atom. The summed E-state index contributed by atoms with van der Waals surface area (Å²) in [5, 5.41) is 13.4. The minimum atomic E-state index is -0.495. The van der Waals surface area contributed by atoms with Crippen molar-refractivity contribution in [3.05, 3.63) is 51.6 Å². The average molecular weight is 234 g/mol. The highest BCUT2D eigenvalue weighted by Gasteiger charge is 2.17. The Hall–Kier alpha value is -2.17. The minimum Gasteiger partial charge on any atom is -0.348 e. The number of hydrogen-bond acceptors (Lipinski definition) is 3. The molecule has 1 aromatic rings. The first-order valence-corrected chi connectivity index (χ1v) is 5.10. The van der Waals surface area contributed by atoms with Crippen LogP contribution in [0.1, 0.15) is 22.8 Å². The van der Waals surface area contributed by atoms with Gasteiger partial charge in [0.1, 0.15) is 0 Å². The molecule has 0 saturated carbocycles. The predicted octanol–water partition coefficient (Wildman–Crippen LogP) is 2.21. The molecular formula is C12H14N2O3. The fourth-order valence-electron chi connectivity index (χ4n) is 1.39. The molecule has 0 atom stereocenters. The molecule has 0 aromatic heterocycles. The number of carbonyl (C=O) groups excluding carboxylic acids is 1. The average Bonchev–Trinajstić information content (AvgIpc) is 2.25. The van der Waals surface area contributed by atoms with E-state index in [1.807, 2.05) is 0 Å². The number of rotatable bonds is 4. The maximum atomic E-state index is 11.8. The lowest BCUT2D eigenvalue weighted by molar-refractivity contribution is -0.385. The van der Waals surface area contributed by atoms with E-state index in [4.69, 9.17) is 0 Å². The van der Waals surface area contributed by atoms with E-state index in [2.05, 4.69) is 11.9 Å². The van der Waals surface area contributed by atoms with Crippen molar-refractivity contribution in [3.63, 3.8) is 0 Å². The van der Waals surface area contributed by atoms with Crippen LogP contribution in [0.25, 0.3) is 0 Å². The zero-order valence-electron chi connectivity index (χ0n) is 9.82. The second kappa shape index (κ2) is 5.25. The summed E-state index contributed by atoms with van der Waals surface area (Å²) in [4.78, 5) is 22.0. The molecule has 5 heteroatoms. The highest BCUT2D eigenvalue weighted by Crippen LogP contribution is 2.20. The first kappa shape index (κ1) is 12.9. The molecule has 1 rings (SSSR count). The zero-order chi connectivity index (χ0) is 13.0. The summed E-state index contributed by atoms with van der Waals surface area (Å²) in [5.74, 6) is -0.325. The van der Waals surface area contributed by atoms with E-state index < -0.39 is 4.92 Å². The van der Waals surface area contributed by atoms with Crippen molar-refractivity contribution < 1.29 is 9.72 Å². The van der Waals surface area contributed by atoms with Crippen LogP contribution in [-0.2, 0) is 0 Å². The van der Waals surface area contributed by atoms with Gasteiger partial charge in [-0.05, 0) is 19.9 Å². The molecule has 0 bridgehead atoms. The first-order valence-electron chi connectivity index (χ1n) is 5.10. The van der Waals surface area contributed by atoms with Gasteiger partial charge in [-0.3, -0.25) is 14.9 Å². The largest absolute Gasteiger partial charge is 0.348 e. The van der Waals surface area contributed by atoms with Gasteiger partial charge in [0.05, 0.1) is 4.92 Å². The van der Waals surface area contributed by atoms with Gasteiger partial charge < -0.3 is 5.32 Å². The summed E-state index contributed by atoms with van der Waals surface area (Å²) in [7, 11) is 0. The van der Waals surface area contributed by atoms with E-state index in [1.165, 1.54) is 12.1 Å². The van der Waals surface area contributed by atoms with Gasteiger partial charge in [-0.15, -0.1) is 0 Å². The topological polar surface area (TPSA) is 72.2 Å². The van der Waals surface area contributed by atoms with Crippen LogP contribution in [0.5, 0.6) is 0 Å². The van der Waals surface area contributed by atoms with Gasteiger partial charge >= 0.3 is 0 Å². The highest BCUT2D eigenvalue weighted by atomic mass is 16.6. The van der Waals surface area contributed by atoms with E-state index in [0.717, 1.165) is 5.57 Å². The van der Waals surface area contributed by atoms with Gasteiger partial charge in [-0.1, -0.05) is 18.2 Å². The van der Waals surface area contributed by atoms with Crippen LogP contribution in [0.4, 0.5) is 5.69 Å². The Morgan fingerprint density at radius 3 is 2.71 bits per heavy atom. The number of amides is 1. The van der Waals surface area contributed by atoms with Crippen LogP contribution in [-0.4, -0.2) is 17.4 Å². The summed E-state index contributed by atoms with van der Waals surface area (Å²) in [6, 6.07) is 4.45. The monoisotopic (exact) mass is 234 g/mol. The third-order valence-corrected chi connectivity index (χ3v) is 2.30. The molecule has 5 nitrogen and oxygen atoms in total.